The predicted molar refractivity (Wildman–Crippen MR) is 87.9 cm³/mol. The Kier molecular flexibility index (Phi) is 4.66. The zero-order valence-corrected chi connectivity index (χ0v) is 14.6. The third-order valence-corrected chi connectivity index (χ3v) is 5.65. The minimum atomic E-state index is -4.51. The normalized spacial score (nSPS) is 17.0. The van der Waals surface area contributed by atoms with Crippen LogP contribution in [0.1, 0.15) is 43.8 Å². The first-order valence-electron chi connectivity index (χ1n) is 8.13. The summed E-state index contributed by atoms with van der Waals surface area (Å²) in [7, 11) is -3.35. The largest absolute Gasteiger partial charge is 0.435 e. The highest BCUT2D eigenvalue weighted by atomic mass is 32.2. The van der Waals surface area contributed by atoms with Crippen LogP contribution in [0.2, 0.25) is 0 Å². The maximum Gasteiger partial charge on any atom is 0.435 e. The highest BCUT2D eigenvalue weighted by molar-refractivity contribution is 7.90. The molecule has 1 aliphatic rings. The number of nitrogens with zero attached hydrogens (tertiary/aromatic N) is 2. The van der Waals surface area contributed by atoms with Gasteiger partial charge >= 0.3 is 6.18 Å². The lowest BCUT2D eigenvalue weighted by atomic mass is 9.95. The number of hydrogen-bond donors (Lipinski definition) is 0. The van der Waals surface area contributed by atoms with Gasteiger partial charge in [-0.1, -0.05) is 31.4 Å². The summed E-state index contributed by atoms with van der Waals surface area (Å²) in [6.45, 7) is 0. The van der Waals surface area contributed by atoms with Crippen LogP contribution >= 0.6 is 0 Å². The van der Waals surface area contributed by atoms with Crippen LogP contribution in [0, 0.1) is 0 Å². The number of alkyl halides is 3. The molecule has 0 radical (unpaired) electrons. The topological polar surface area (TPSA) is 52.0 Å². The number of rotatable bonds is 3. The van der Waals surface area contributed by atoms with E-state index in [9.17, 15) is 21.6 Å². The average molecular weight is 372 g/mol. The first-order chi connectivity index (χ1) is 11.7. The van der Waals surface area contributed by atoms with Crippen LogP contribution in [0.5, 0.6) is 0 Å². The van der Waals surface area contributed by atoms with Crippen molar-refractivity contribution in [3.8, 4) is 11.3 Å². The first kappa shape index (κ1) is 18.0. The molecule has 1 saturated carbocycles. The van der Waals surface area contributed by atoms with E-state index in [1.54, 1.807) is 0 Å². The standard InChI is InChI=1S/C17H19F3N2O2S/c1-25(23,24)14-9-7-12(8-10-14)15-11-16(17(18,19)20)21-22(15)13-5-3-2-4-6-13/h7-11,13H,2-6H2,1H3. The van der Waals surface area contributed by atoms with Crippen molar-refractivity contribution in [2.45, 2.75) is 49.2 Å². The third kappa shape index (κ3) is 3.89. The smallest absolute Gasteiger partial charge is 0.261 e. The van der Waals surface area contributed by atoms with Crippen molar-refractivity contribution in [1.29, 1.82) is 0 Å². The summed E-state index contributed by atoms with van der Waals surface area (Å²) in [6.07, 6.45) is 1.21. The fourth-order valence-electron chi connectivity index (χ4n) is 3.23. The summed E-state index contributed by atoms with van der Waals surface area (Å²) < 4.78 is 64.0. The van der Waals surface area contributed by atoms with E-state index in [0.29, 0.717) is 11.3 Å². The molecule has 136 valence electrons. The molecule has 0 N–H and O–H groups in total. The fraction of sp³-hybridized carbons (Fsp3) is 0.471. The van der Waals surface area contributed by atoms with Gasteiger partial charge in [-0.15, -0.1) is 0 Å². The predicted octanol–water partition coefficient (Wildman–Crippen LogP) is 4.48. The van der Waals surface area contributed by atoms with Crippen molar-refractivity contribution in [2.24, 2.45) is 0 Å². The Hall–Kier alpha value is -1.83. The summed E-state index contributed by atoms with van der Waals surface area (Å²) in [5, 5.41) is 3.83. The van der Waals surface area contributed by atoms with Gasteiger partial charge in [-0.25, -0.2) is 8.42 Å². The lowest BCUT2D eigenvalue weighted by molar-refractivity contribution is -0.141. The van der Waals surface area contributed by atoms with E-state index in [2.05, 4.69) is 5.10 Å². The molecule has 25 heavy (non-hydrogen) atoms. The number of benzene rings is 1. The molecule has 8 heteroatoms. The number of halogens is 3. The summed E-state index contributed by atoms with van der Waals surface area (Å²) in [4.78, 5) is 0.135. The van der Waals surface area contributed by atoms with E-state index in [4.69, 9.17) is 0 Å². The van der Waals surface area contributed by atoms with Gasteiger partial charge in [0.15, 0.2) is 15.5 Å². The van der Waals surface area contributed by atoms with Crippen LogP contribution in [0.25, 0.3) is 11.3 Å². The highest BCUT2D eigenvalue weighted by Gasteiger charge is 2.36. The second-order valence-corrected chi connectivity index (χ2v) is 8.46. The van der Waals surface area contributed by atoms with Crippen LogP contribution < -0.4 is 0 Å². The van der Waals surface area contributed by atoms with Crippen molar-refractivity contribution in [3.63, 3.8) is 0 Å². The van der Waals surface area contributed by atoms with E-state index in [-0.39, 0.29) is 10.9 Å². The van der Waals surface area contributed by atoms with Gasteiger partial charge in [0.1, 0.15) is 0 Å². The van der Waals surface area contributed by atoms with Gasteiger partial charge in [0.05, 0.1) is 16.6 Å². The molecule has 0 unspecified atom stereocenters. The van der Waals surface area contributed by atoms with Crippen LogP contribution in [0.15, 0.2) is 35.2 Å². The van der Waals surface area contributed by atoms with Crippen LogP contribution in [-0.4, -0.2) is 24.5 Å². The zero-order chi connectivity index (χ0) is 18.2. The fourth-order valence-corrected chi connectivity index (χ4v) is 3.86. The van der Waals surface area contributed by atoms with Crippen LogP contribution in [0.4, 0.5) is 13.2 Å². The Morgan fingerprint density at radius 3 is 2.20 bits per heavy atom. The quantitative estimate of drug-likeness (QED) is 0.798. The second kappa shape index (κ2) is 6.48. The Labute approximate surface area is 144 Å². The van der Waals surface area contributed by atoms with Gasteiger partial charge in [0.2, 0.25) is 0 Å². The Morgan fingerprint density at radius 2 is 1.68 bits per heavy atom. The van der Waals surface area contributed by atoms with Gasteiger partial charge in [0, 0.05) is 6.26 Å². The van der Waals surface area contributed by atoms with E-state index in [1.165, 1.54) is 28.9 Å². The van der Waals surface area contributed by atoms with E-state index in [0.717, 1.165) is 44.4 Å². The number of hydrogen-bond acceptors (Lipinski definition) is 3. The van der Waals surface area contributed by atoms with Gasteiger partial charge < -0.3 is 0 Å². The summed E-state index contributed by atoms with van der Waals surface area (Å²) in [5.41, 5.74) is -0.0134. The molecule has 0 aliphatic heterocycles. The average Bonchev–Trinajstić information content (AvgIpc) is 3.00. The van der Waals surface area contributed by atoms with E-state index < -0.39 is 21.7 Å². The molecule has 1 heterocycles. The molecule has 1 aliphatic carbocycles. The maximum atomic E-state index is 13.1. The Bertz CT molecular complexity index is 849. The molecule has 1 aromatic heterocycles. The molecule has 1 aromatic carbocycles. The molecular formula is C17H19F3N2O2S. The van der Waals surface area contributed by atoms with Crippen LogP contribution in [-0.2, 0) is 16.0 Å². The molecule has 0 atom stereocenters. The van der Waals surface area contributed by atoms with Crippen molar-refractivity contribution in [3.05, 3.63) is 36.0 Å². The van der Waals surface area contributed by atoms with E-state index in [1.807, 2.05) is 0 Å². The summed E-state index contributed by atoms with van der Waals surface area (Å²) in [5.74, 6) is 0. The molecule has 0 bridgehead atoms. The van der Waals surface area contributed by atoms with Gasteiger partial charge in [-0.2, -0.15) is 18.3 Å². The zero-order valence-electron chi connectivity index (χ0n) is 13.8. The molecule has 0 saturated heterocycles. The van der Waals surface area contributed by atoms with Gasteiger partial charge in [-0.05, 0) is 36.6 Å². The summed E-state index contributed by atoms with van der Waals surface area (Å²) in [6, 6.07) is 6.88. The maximum absolute atomic E-state index is 13.1. The lowest BCUT2D eigenvalue weighted by Crippen LogP contribution is -2.16. The monoisotopic (exact) mass is 372 g/mol. The first-order valence-corrected chi connectivity index (χ1v) is 10.0. The molecule has 3 rings (SSSR count). The molecule has 4 nitrogen and oxygen atoms in total. The van der Waals surface area contributed by atoms with Crippen LogP contribution in [0.3, 0.4) is 0 Å². The van der Waals surface area contributed by atoms with Crippen molar-refractivity contribution >= 4 is 9.84 Å². The minimum Gasteiger partial charge on any atom is -0.261 e. The number of sulfone groups is 1. The molecular weight excluding hydrogens is 353 g/mol. The molecule has 2 aromatic rings. The lowest BCUT2D eigenvalue weighted by Gasteiger charge is -2.24. The molecule has 0 spiro atoms. The minimum absolute atomic E-state index is 0.0607. The number of aromatic nitrogens is 2. The van der Waals surface area contributed by atoms with Crippen molar-refractivity contribution < 1.29 is 21.6 Å². The third-order valence-electron chi connectivity index (χ3n) is 4.52. The van der Waals surface area contributed by atoms with Gasteiger partial charge in [0.25, 0.3) is 0 Å². The second-order valence-electron chi connectivity index (χ2n) is 6.45. The van der Waals surface area contributed by atoms with Crippen molar-refractivity contribution in [1.82, 2.24) is 9.78 Å². The SMILES string of the molecule is CS(=O)(=O)c1ccc(-c2cc(C(F)(F)F)nn2C2CCCCC2)cc1. The van der Waals surface area contributed by atoms with Gasteiger partial charge in [-0.3, -0.25) is 4.68 Å². The summed E-state index contributed by atoms with van der Waals surface area (Å²) >= 11 is 0. The Balaban J connectivity index is 2.05. The molecule has 1 fully saturated rings. The van der Waals surface area contributed by atoms with Crippen molar-refractivity contribution in [2.75, 3.05) is 6.26 Å². The Morgan fingerprint density at radius 1 is 1.08 bits per heavy atom. The molecule has 0 amide bonds. The van der Waals surface area contributed by atoms with E-state index >= 15 is 0 Å². The highest BCUT2D eigenvalue weighted by Crippen LogP contribution is 2.36.